The standard InChI is InChI=1S/C20H25FN4O.HI/c1-15-13-25(14-19(26-15)16-6-8-17(21)9-7-16)20(22-2)24-12-10-18-5-3-4-11-23-18;/h3-9,11,15,19H,10,12-14H2,1-2H3,(H,22,24);1H. The van der Waals surface area contributed by atoms with Gasteiger partial charge in [0.25, 0.3) is 0 Å². The summed E-state index contributed by atoms with van der Waals surface area (Å²) in [7, 11) is 1.79. The van der Waals surface area contributed by atoms with E-state index >= 15 is 0 Å². The first-order chi connectivity index (χ1) is 12.7. The summed E-state index contributed by atoms with van der Waals surface area (Å²) in [6, 6.07) is 12.5. The Morgan fingerprint density at radius 1 is 1.26 bits per heavy atom. The van der Waals surface area contributed by atoms with Crippen LogP contribution in [0, 0.1) is 5.82 Å². The Kier molecular flexibility index (Phi) is 8.43. The quantitative estimate of drug-likeness (QED) is 0.411. The van der Waals surface area contributed by atoms with Crippen molar-refractivity contribution >= 4 is 29.9 Å². The van der Waals surface area contributed by atoms with Crippen LogP contribution in [0.4, 0.5) is 4.39 Å². The van der Waals surface area contributed by atoms with E-state index in [0.717, 1.165) is 36.7 Å². The van der Waals surface area contributed by atoms with Gasteiger partial charge in [0, 0.05) is 38.4 Å². The summed E-state index contributed by atoms with van der Waals surface area (Å²) in [5, 5.41) is 3.41. The molecule has 1 fully saturated rings. The molecule has 27 heavy (non-hydrogen) atoms. The lowest BCUT2D eigenvalue weighted by atomic mass is 10.1. The average molecular weight is 484 g/mol. The maximum atomic E-state index is 13.2. The molecule has 7 heteroatoms. The number of guanidine groups is 1. The Hall–Kier alpha value is -1.74. The van der Waals surface area contributed by atoms with Crippen molar-refractivity contribution in [2.24, 2.45) is 4.99 Å². The van der Waals surface area contributed by atoms with Crippen LogP contribution in [0.3, 0.4) is 0 Å². The fraction of sp³-hybridized carbons (Fsp3) is 0.400. The second kappa shape index (κ2) is 10.6. The summed E-state index contributed by atoms with van der Waals surface area (Å²) >= 11 is 0. The predicted molar refractivity (Wildman–Crippen MR) is 116 cm³/mol. The second-order valence-electron chi connectivity index (χ2n) is 6.44. The maximum absolute atomic E-state index is 13.2. The highest BCUT2D eigenvalue weighted by Gasteiger charge is 2.28. The summed E-state index contributed by atoms with van der Waals surface area (Å²) in [4.78, 5) is 11.0. The lowest BCUT2D eigenvalue weighted by molar-refractivity contribution is -0.0604. The van der Waals surface area contributed by atoms with Crippen molar-refractivity contribution in [3.63, 3.8) is 0 Å². The second-order valence-corrected chi connectivity index (χ2v) is 6.44. The molecule has 1 aliphatic heterocycles. The van der Waals surface area contributed by atoms with E-state index in [1.165, 1.54) is 12.1 Å². The molecule has 2 atom stereocenters. The molecule has 2 unspecified atom stereocenters. The Labute approximate surface area is 177 Å². The first kappa shape index (κ1) is 21.6. The predicted octanol–water partition coefficient (Wildman–Crippen LogP) is 3.42. The number of pyridine rings is 1. The molecule has 1 saturated heterocycles. The molecule has 0 aliphatic carbocycles. The summed E-state index contributed by atoms with van der Waals surface area (Å²) in [5.74, 6) is 0.615. The number of nitrogens with zero attached hydrogens (tertiary/aromatic N) is 3. The molecular formula is C20H26FIN4O. The van der Waals surface area contributed by atoms with Crippen LogP contribution >= 0.6 is 24.0 Å². The van der Waals surface area contributed by atoms with Gasteiger partial charge in [0.05, 0.1) is 12.6 Å². The van der Waals surface area contributed by atoms with E-state index in [1.807, 2.05) is 25.1 Å². The van der Waals surface area contributed by atoms with Crippen molar-refractivity contribution in [3.8, 4) is 0 Å². The summed E-state index contributed by atoms with van der Waals surface area (Å²) < 4.78 is 19.2. The van der Waals surface area contributed by atoms with E-state index in [0.29, 0.717) is 6.54 Å². The van der Waals surface area contributed by atoms with Crippen LogP contribution in [0.15, 0.2) is 53.7 Å². The van der Waals surface area contributed by atoms with Crippen molar-refractivity contribution in [1.82, 2.24) is 15.2 Å². The molecule has 3 rings (SSSR count). The lowest BCUT2D eigenvalue weighted by Crippen LogP contribution is -2.51. The van der Waals surface area contributed by atoms with Gasteiger partial charge in [-0.1, -0.05) is 18.2 Å². The normalized spacial score (nSPS) is 20.1. The number of hydrogen-bond acceptors (Lipinski definition) is 3. The minimum absolute atomic E-state index is 0. The van der Waals surface area contributed by atoms with Crippen molar-refractivity contribution in [1.29, 1.82) is 0 Å². The number of hydrogen-bond donors (Lipinski definition) is 1. The highest BCUT2D eigenvalue weighted by atomic mass is 127. The van der Waals surface area contributed by atoms with Gasteiger partial charge in [-0.2, -0.15) is 0 Å². The molecule has 1 aliphatic rings. The van der Waals surface area contributed by atoms with E-state index in [2.05, 4.69) is 20.2 Å². The largest absolute Gasteiger partial charge is 0.367 e. The molecule has 0 bridgehead atoms. The van der Waals surface area contributed by atoms with Crippen LogP contribution in [-0.4, -0.2) is 48.6 Å². The van der Waals surface area contributed by atoms with Crippen molar-refractivity contribution in [3.05, 3.63) is 65.7 Å². The van der Waals surface area contributed by atoms with Crippen LogP contribution < -0.4 is 5.32 Å². The van der Waals surface area contributed by atoms with Crippen LogP contribution in [0.5, 0.6) is 0 Å². The van der Waals surface area contributed by atoms with Gasteiger partial charge < -0.3 is 15.0 Å². The molecule has 146 valence electrons. The molecule has 1 aromatic carbocycles. The first-order valence-corrected chi connectivity index (χ1v) is 8.92. The molecule has 5 nitrogen and oxygen atoms in total. The third kappa shape index (κ3) is 6.14. The van der Waals surface area contributed by atoms with Gasteiger partial charge >= 0.3 is 0 Å². The van der Waals surface area contributed by atoms with E-state index in [9.17, 15) is 4.39 Å². The zero-order valence-electron chi connectivity index (χ0n) is 15.6. The zero-order valence-corrected chi connectivity index (χ0v) is 18.0. The molecule has 0 saturated carbocycles. The SMILES string of the molecule is CN=C(NCCc1ccccn1)N1CC(C)OC(c2ccc(F)cc2)C1.I. The number of nitrogens with one attached hydrogen (secondary N) is 1. The molecule has 0 radical (unpaired) electrons. The van der Waals surface area contributed by atoms with Crippen LogP contribution in [0.2, 0.25) is 0 Å². The Bertz CT molecular complexity index is 727. The number of aromatic nitrogens is 1. The van der Waals surface area contributed by atoms with E-state index in [1.54, 1.807) is 25.4 Å². The summed E-state index contributed by atoms with van der Waals surface area (Å²) in [5.41, 5.74) is 2.03. The topological polar surface area (TPSA) is 49.8 Å². The van der Waals surface area contributed by atoms with Gasteiger partial charge in [-0.25, -0.2) is 4.39 Å². The first-order valence-electron chi connectivity index (χ1n) is 8.92. The minimum atomic E-state index is -0.235. The lowest BCUT2D eigenvalue weighted by Gasteiger charge is -2.38. The third-order valence-electron chi connectivity index (χ3n) is 4.40. The van der Waals surface area contributed by atoms with E-state index < -0.39 is 0 Å². The molecule has 2 aromatic rings. The number of aliphatic imine (C=N–C) groups is 1. The molecule has 0 spiro atoms. The molecule has 2 heterocycles. The minimum Gasteiger partial charge on any atom is -0.367 e. The average Bonchev–Trinajstić information content (AvgIpc) is 2.66. The highest BCUT2D eigenvalue weighted by molar-refractivity contribution is 14.0. The van der Waals surface area contributed by atoms with Crippen molar-refractivity contribution < 1.29 is 9.13 Å². The maximum Gasteiger partial charge on any atom is 0.193 e. The van der Waals surface area contributed by atoms with Crippen molar-refractivity contribution in [2.75, 3.05) is 26.7 Å². The Morgan fingerprint density at radius 2 is 2.04 bits per heavy atom. The van der Waals surface area contributed by atoms with E-state index in [4.69, 9.17) is 4.74 Å². The Morgan fingerprint density at radius 3 is 2.70 bits per heavy atom. The highest BCUT2D eigenvalue weighted by Crippen LogP contribution is 2.25. The zero-order chi connectivity index (χ0) is 18.4. The number of rotatable bonds is 4. The Balaban J connectivity index is 0.00000261. The fourth-order valence-corrected chi connectivity index (χ4v) is 3.17. The van der Waals surface area contributed by atoms with Gasteiger partial charge in [0.15, 0.2) is 5.96 Å². The van der Waals surface area contributed by atoms with Gasteiger partial charge in [-0.15, -0.1) is 24.0 Å². The van der Waals surface area contributed by atoms with Crippen LogP contribution in [0.25, 0.3) is 0 Å². The van der Waals surface area contributed by atoms with Gasteiger partial charge in [-0.3, -0.25) is 9.98 Å². The molecular weight excluding hydrogens is 458 g/mol. The summed E-state index contributed by atoms with van der Waals surface area (Å²) in [6.07, 6.45) is 2.60. The number of morpholine rings is 1. The molecule has 1 aromatic heterocycles. The molecule has 0 amide bonds. The van der Waals surface area contributed by atoms with Gasteiger partial charge in [0.2, 0.25) is 0 Å². The third-order valence-corrected chi connectivity index (χ3v) is 4.40. The van der Waals surface area contributed by atoms with E-state index in [-0.39, 0.29) is 42.0 Å². The number of ether oxygens (including phenoxy) is 1. The number of halogens is 2. The van der Waals surface area contributed by atoms with Gasteiger partial charge in [-0.05, 0) is 36.8 Å². The van der Waals surface area contributed by atoms with Crippen LogP contribution in [-0.2, 0) is 11.2 Å². The molecule has 1 N–H and O–H groups in total. The monoisotopic (exact) mass is 484 g/mol. The van der Waals surface area contributed by atoms with Gasteiger partial charge in [0.1, 0.15) is 11.9 Å². The van der Waals surface area contributed by atoms with Crippen molar-refractivity contribution in [2.45, 2.75) is 25.6 Å². The number of benzene rings is 1. The fourth-order valence-electron chi connectivity index (χ4n) is 3.17. The van der Waals surface area contributed by atoms with Crippen LogP contribution in [0.1, 0.15) is 24.3 Å². The smallest absolute Gasteiger partial charge is 0.193 e. The summed E-state index contributed by atoms with van der Waals surface area (Å²) in [6.45, 7) is 4.25.